The number of amidine groups is 2. The Morgan fingerprint density at radius 2 is 2.07 bits per heavy atom. The van der Waals surface area contributed by atoms with E-state index in [1.165, 1.54) is 0 Å². The number of ether oxygens (including phenoxy) is 2. The van der Waals surface area contributed by atoms with Gasteiger partial charge in [-0.2, -0.15) is 0 Å². The molecule has 0 aromatic rings. The van der Waals surface area contributed by atoms with E-state index < -0.39 is 0 Å². The number of rotatable bonds is 0. The van der Waals surface area contributed by atoms with E-state index in [4.69, 9.17) is 9.47 Å². The van der Waals surface area contributed by atoms with Crippen LogP contribution >= 0.6 is 0 Å². The van der Waals surface area contributed by atoms with Crippen LogP contribution in [0.4, 0.5) is 0 Å². The standard InChI is InChI=1S/C10H17N3O2/c1-10(2,3)7-6-15-9(12-7)13-8-11-4-5-14-8/h7H,4-6H2,1-3H3,(H,11,12,13)/t7-/m1/s1. The fourth-order valence-electron chi connectivity index (χ4n) is 1.39. The maximum atomic E-state index is 5.43. The van der Waals surface area contributed by atoms with Crippen LogP contribution in [-0.2, 0) is 9.47 Å². The zero-order valence-corrected chi connectivity index (χ0v) is 9.41. The third-order valence-corrected chi connectivity index (χ3v) is 2.45. The summed E-state index contributed by atoms with van der Waals surface area (Å²) in [6.45, 7) is 8.42. The van der Waals surface area contributed by atoms with Gasteiger partial charge in [0.05, 0.1) is 12.6 Å². The highest BCUT2D eigenvalue weighted by molar-refractivity contribution is 5.94. The van der Waals surface area contributed by atoms with Gasteiger partial charge in [0.1, 0.15) is 13.2 Å². The van der Waals surface area contributed by atoms with E-state index in [1.54, 1.807) is 0 Å². The van der Waals surface area contributed by atoms with Crippen molar-refractivity contribution >= 4 is 12.0 Å². The van der Waals surface area contributed by atoms with E-state index in [2.05, 4.69) is 36.1 Å². The van der Waals surface area contributed by atoms with Crippen LogP contribution in [0.2, 0.25) is 0 Å². The second-order valence-corrected chi connectivity index (χ2v) is 4.79. The van der Waals surface area contributed by atoms with Crippen LogP contribution < -0.4 is 5.32 Å². The zero-order chi connectivity index (χ0) is 10.9. The van der Waals surface area contributed by atoms with E-state index in [0.717, 1.165) is 0 Å². The van der Waals surface area contributed by atoms with Gasteiger partial charge in [-0.15, -0.1) is 0 Å². The Labute approximate surface area is 89.6 Å². The van der Waals surface area contributed by atoms with Gasteiger partial charge in [0, 0.05) is 0 Å². The van der Waals surface area contributed by atoms with E-state index in [1.807, 2.05) is 0 Å². The summed E-state index contributed by atoms with van der Waals surface area (Å²) in [5.74, 6) is 0. The van der Waals surface area contributed by atoms with Crippen LogP contribution in [0.25, 0.3) is 0 Å². The van der Waals surface area contributed by atoms with Crippen molar-refractivity contribution in [3.05, 3.63) is 0 Å². The van der Waals surface area contributed by atoms with Crippen molar-refractivity contribution in [3.63, 3.8) is 0 Å². The number of hydrogen-bond acceptors (Lipinski definition) is 5. The first-order valence-electron chi connectivity index (χ1n) is 5.20. The van der Waals surface area contributed by atoms with Crippen molar-refractivity contribution in [1.82, 2.24) is 5.32 Å². The minimum atomic E-state index is 0.127. The largest absolute Gasteiger partial charge is 0.463 e. The summed E-state index contributed by atoms with van der Waals surface area (Å²) in [5, 5.41) is 2.94. The molecule has 15 heavy (non-hydrogen) atoms. The Morgan fingerprint density at radius 3 is 2.60 bits per heavy atom. The molecule has 5 nitrogen and oxygen atoms in total. The van der Waals surface area contributed by atoms with Crippen LogP contribution in [0, 0.1) is 5.41 Å². The summed E-state index contributed by atoms with van der Waals surface area (Å²) in [7, 11) is 0. The molecule has 0 fully saturated rings. The van der Waals surface area contributed by atoms with Gasteiger partial charge >= 0.3 is 0 Å². The third kappa shape index (κ3) is 2.40. The lowest BCUT2D eigenvalue weighted by atomic mass is 9.88. The Bertz CT molecular complexity index is 304. The molecule has 0 saturated carbocycles. The average Bonchev–Trinajstić information content (AvgIpc) is 2.73. The molecule has 1 N–H and O–H groups in total. The van der Waals surface area contributed by atoms with Crippen LogP contribution in [0.1, 0.15) is 20.8 Å². The molecule has 2 heterocycles. The predicted octanol–water partition coefficient (Wildman–Crippen LogP) is 0.763. The number of nitrogens with zero attached hydrogens (tertiary/aromatic N) is 2. The van der Waals surface area contributed by atoms with E-state index >= 15 is 0 Å². The molecule has 2 rings (SSSR count). The van der Waals surface area contributed by atoms with Crippen LogP contribution in [0.15, 0.2) is 9.98 Å². The van der Waals surface area contributed by atoms with Crippen LogP contribution in [-0.4, -0.2) is 37.8 Å². The highest BCUT2D eigenvalue weighted by Crippen LogP contribution is 2.25. The summed E-state index contributed by atoms with van der Waals surface area (Å²) >= 11 is 0. The smallest absolute Gasteiger partial charge is 0.293 e. The predicted molar refractivity (Wildman–Crippen MR) is 58.0 cm³/mol. The molecule has 5 heteroatoms. The summed E-state index contributed by atoms with van der Waals surface area (Å²) < 4.78 is 10.6. The van der Waals surface area contributed by atoms with Crippen molar-refractivity contribution in [2.75, 3.05) is 19.8 Å². The van der Waals surface area contributed by atoms with Crippen molar-refractivity contribution < 1.29 is 9.47 Å². The van der Waals surface area contributed by atoms with E-state index in [9.17, 15) is 0 Å². The quantitative estimate of drug-likeness (QED) is 0.643. The fourth-order valence-corrected chi connectivity index (χ4v) is 1.39. The van der Waals surface area contributed by atoms with E-state index in [0.29, 0.717) is 31.8 Å². The molecule has 1 atom stereocenters. The molecule has 0 unspecified atom stereocenters. The second-order valence-electron chi connectivity index (χ2n) is 4.79. The Kier molecular flexibility index (Phi) is 2.54. The van der Waals surface area contributed by atoms with Crippen molar-refractivity contribution in [2.24, 2.45) is 15.4 Å². The van der Waals surface area contributed by atoms with Gasteiger partial charge in [0.15, 0.2) is 0 Å². The number of hydrogen-bond donors (Lipinski definition) is 1. The van der Waals surface area contributed by atoms with Crippen LogP contribution in [0.5, 0.6) is 0 Å². The normalized spacial score (nSPS) is 25.4. The second kappa shape index (κ2) is 3.72. The molecular formula is C10H17N3O2. The monoisotopic (exact) mass is 211 g/mol. The SMILES string of the molecule is CC(C)(C)[C@H]1COC(NC2=NCCO2)=N1. The van der Waals surface area contributed by atoms with Gasteiger partial charge in [-0.1, -0.05) is 20.8 Å². The minimum absolute atomic E-state index is 0.127. The molecule has 0 radical (unpaired) electrons. The maximum Gasteiger partial charge on any atom is 0.293 e. The maximum absolute atomic E-state index is 5.43. The molecule has 0 saturated heterocycles. The summed E-state index contributed by atoms with van der Waals surface area (Å²) in [6, 6.07) is 1.24. The highest BCUT2D eigenvalue weighted by atomic mass is 16.5. The van der Waals surface area contributed by atoms with Crippen molar-refractivity contribution in [1.29, 1.82) is 0 Å². The summed E-state index contributed by atoms with van der Waals surface area (Å²) in [6.07, 6.45) is 0. The number of nitrogens with one attached hydrogen (secondary N) is 1. The molecule has 0 aromatic heterocycles. The molecule has 84 valence electrons. The first kappa shape index (κ1) is 10.3. The molecular weight excluding hydrogens is 194 g/mol. The number of aliphatic imine (C=N–C) groups is 2. The molecule has 2 aliphatic rings. The van der Waals surface area contributed by atoms with Crippen molar-refractivity contribution in [3.8, 4) is 0 Å². The third-order valence-electron chi connectivity index (χ3n) is 2.45. The van der Waals surface area contributed by atoms with Gasteiger partial charge < -0.3 is 9.47 Å². The Hall–Kier alpha value is -1.26. The van der Waals surface area contributed by atoms with E-state index in [-0.39, 0.29) is 11.5 Å². The Balaban J connectivity index is 1.94. The topological polar surface area (TPSA) is 55.2 Å². The molecule has 0 aliphatic carbocycles. The van der Waals surface area contributed by atoms with Gasteiger partial charge in [0.25, 0.3) is 12.0 Å². The van der Waals surface area contributed by atoms with Gasteiger partial charge in [-0.25, -0.2) is 9.98 Å². The molecule has 0 bridgehead atoms. The summed E-state index contributed by atoms with van der Waals surface area (Å²) in [5.41, 5.74) is 0.127. The molecule has 0 aromatic carbocycles. The lowest BCUT2D eigenvalue weighted by Gasteiger charge is -2.21. The zero-order valence-electron chi connectivity index (χ0n) is 9.41. The van der Waals surface area contributed by atoms with Gasteiger partial charge in [-0.05, 0) is 5.41 Å². The van der Waals surface area contributed by atoms with Gasteiger partial charge in [-0.3, -0.25) is 5.32 Å². The Morgan fingerprint density at radius 1 is 1.27 bits per heavy atom. The lowest BCUT2D eigenvalue weighted by Crippen LogP contribution is -2.30. The average molecular weight is 211 g/mol. The van der Waals surface area contributed by atoms with Crippen LogP contribution in [0.3, 0.4) is 0 Å². The highest BCUT2D eigenvalue weighted by Gasteiger charge is 2.30. The summed E-state index contributed by atoms with van der Waals surface area (Å²) in [4.78, 5) is 8.55. The minimum Gasteiger partial charge on any atom is -0.463 e. The fraction of sp³-hybridized carbons (Fsp3) is 0.800. The molecule has 0 spiro atoms. The molecule has 2 aliphatic heterocycles. The van der Waals surface area contributed by atoms with Gasteiger partial charge in [0.2, 0.25) is 0 Å². The molecule has 0 amide bonds. The first-order chi connectivity index (χ1) is 7.05. The first-order valence-corrected chi connectivity index (χ1v) is 5.20. The lowest BCUT2D eigenvalue weighted by molar-refractivity contribution is 0.231. The van der Waals surface area contributed by atoms with Crippen molar-refractivity contribution in [2.45, 2.75) is 26.8 Å².